The van der Waals surface area contributed by atoms with Crippen molar-refractivity contribution in [3.8, 4) is 0 Å². The van der Waals surface area contributed by atoms with Crippen LogP contribution in [-0.2, 0) is 9.84 Å². The van der Waals surface area contributed by atoms with Gasteiger partial charge in [0.25, 0.3) is 0 Å². The molecule has 0 aliphatic heterocycles. The number of rotatable bonds is 6. The molecule has 1 rings (SSSR count). The number of nitrogens with zero attached hydrogens (tertiary/aromatic N) is 1. The molecule has 1 fully saturated rings. The van der Waals surface area contributed by atoms with Crippen molar-refractivity contribution in [1.82, 2.24) is 4.90 Å². The first kappa shape index (κ1) is 14.9. The second kappa shape index (κ2) is 6.16. The van der Waals surface area contributed by atoms with E-state index >= 15 is 0 Å². The lowest BCUT2D eigenvalue weighted by Gasteiger charge is -2.34. The van der Waals surface area contributed by atoms with Gasteiger partial charge in [0.1, 0.15) is 9.84 Å². The van der Waals surface area contributed by atoms with Crippen molar-refractivity contribution in [2.75, 3.05) is 32.1 Å². The van der Waals surface area contributed by atoms with Crippen LogP contribution in [0.3, 0.4) is 0 Å². The van der Waals surface area contributed by atoms with Gasteiger partial charge in [-0.05, 0) is 32.9 Å². The number of sulfone groups is 1. The van der Waals surface area contributed by atoms with Crippen LogP contribution in [0.5, 0.6) is 0 Å². The Kier molecular flexibility index (Phi) is 5.41. The maximum atomic E-state index is 11.1. The Morgan fingerprint density at radius 2 is 1.76 bits per heavy atom. The molecule has 0 radical (unpaired) electrons. The molecule has 1 aliphatic rings. The van der Waals surface area contributed by atoms with Gasteiger partial charge in [-0.15, -0.1) is 0 Å². The minimum atomic E-state index is -2.85. The first-order chi connectivity index (χ1) is 7.81. The van der Waals surface area contributed by atoms with Gasteiger partial charge in [0.05, 0.1) is 5.75 Å². The van der Waals surface area contributed by atoms with Crippen LogP contribution in [0.15, 0.2) is 0 Å². The second-order valence-electron chi connectivity index (χ2n) is 5.61. The standard InChI is InChI=1S/C12H26N2O2S/c1-14(10-11-17(2,15)16)9-8-12(13)6-4-3-5-7-12/h3-11,13H2,1-2H3. The van der Waals surface area contributed by atoms with Gasteiger partial charge in [-0.3, -0.25) is 0 Å². The molecule has 2 N–H and O–H groups in total. The largest absolute Gasteiger partial charge is 0.325 e. The van der Waals surface area contributed by atoms with Crippen LogP contribution in [0.4, 0.5) is 0 Å². The average molecular weight is 262 g/mol. The molecule has 1 aliphatic carbocycles. The zero-order valence-corrected chi connectivity index (χ0v) is 11.9. The highest BCUT2D eigenvalue weighted by Crippen LogP contribution is 2.28. The van der Waals surface area contributed by atoms with Crippen molar-refractivity contribution in [3.63, 3.8) is 0 Å². The van der Waals surface area contributed by atoms with Crippen LogP contribution in [-0.4, -0.2) is 51.0 Å². The van der Waals surface area contributed by atoms with Crippen LogP contribution in [0.2, 0.25) is 0 Å². The summed E-state index contributed by atoms with van der Waals surface area (Å²) in [5, 5.41) is 0. The Morgan fingerprint density at radius 3 is 2.29 bits per heavy atom. The molecule has 0 heterocycles. The summed E-state index contributed by atoms with van der Waals surface area (Å²) in [7, 11) is -0.881. The van der Waals surface area contributed by atoms with Gasteiger partial charge in [0, 0.05) is 18.3 Å². The van der Waals surface area contributed by atoms with Crippen molar-refractivity contribution >= 4 is 9.84 Å². The molecule has 17 heavy (non-hydrogen) atoms. The lowest BCUT2D eigenvalue weighted by molar-refractivity contribution is 0.235. The van der Waals surface area contributed by atoms with Crippen LogP contribution in [0.25, 0.3) is 0 Å². The Bertz CT molecular complexity index is 321. The third-order valence-corrected chi connectivity index (χ3v) is 4.61. The minimum Gasteiger partial charge on any atom is -0.325 e. The summed E-state index contributed by atoms with van der Waals surface area (Å²) in [5.74, 6) is 0.237. The lowest BCUT2D eigenvalue weighted by Crippen LogP contribution is -2.44. The van der Waals surface area contributed by atoms with E-state index in [-0.39, 0.29) is 11.3 Å². The minimum absolute atomic E-state index is 0.00238. The van der Waals surface area contributed by atoms with Gasteiger partial charge in [-0.2, -0.15) is 0 Å². The monoisotopic (exact) mass is 262 g/mol. The summed E-state index contributed by atoms with van der Waals surface area (Å²) in [6.45, 7) is 1.50. The van der Waals surface area contributed by atoms with E-state index in [0.717, 1.165) is 25.8 Å². The maximum absolute atomic E-state index is 11.1. The quantitative estimate of drug-likeness (QED) is 0.776. The van der Waals surface area contributed by atoms with E-state index in [2.05, 4.69) is 4.90 Å². The van der Waals surface area contributed by atoms with E-state index < -0.39 is 9.84 Å². The second-order valence-corrected chi connectivity index (χ2v) is 7.87. The van der Waals surface area contributed by atoms with Crippen LogP contribution >= 0.6 is 0 Å². The molecule has 5 heteroatoms. The molecule has 0 spiro atoms. The van der Waals surface area contributed by atoms with Crippen molar-refractivity contribution in [3.05, 3.63) is 0 Å². The SMILES string of the molecule is CN(CCC1(N)CCCCC1)CCS(C)(=O)=O. The summed E-state index contributed by atoms with van der Waals surface area (Å²) in [6.07, 6.45) is 8.29. The molecule has 1 saturated carbocycles. The average Bonchev–Trinajstić information content (AvgIpc) is 2.24. The highest BCUT2D eigenvalue weighted by atomic mass is 32.2. The van der Waals surface area contributed by atoms with Gasteiger partial charge in [-0.25, -0.2) is 8.42 Å². The molecule has 0 amide bonds. The Morgan fingerprint density at radius 1 is 1.18 bits per heavy atom. The van der Waals surface area contributed by atoms with Crippen molar-refractivity contribution in [2.45, 2.75) is 44.1 Å². The first-order valence-electron chi connectivity index (χ1n) is 6.46. The van der Waals surface area contributed by atoms with E-state index in [1.807, 2.05) is 7.05 Å². The molecule has 102 valence electrons. The lowest BCUT2D eigenvalue weighted by atomic mass is 9.80. The van der Waals surface area contributed by atoms with E-state index in [1.54, 1.807) is 0 Å². The molecule has 0 saturated heterocycles. The van der Waals surface area contributed by atoms with Crippen molar-refractivity contribution < 1.29 is 8.42 Å². The first-order valence-corrected chi connectivity index (χ1v) is 8.52. The summed E-state index contributed by atoms with van der Waals surface area (Å²) in [4.78, 5) is 2.07. The van der Waals surface area contributed by atoms with E-state index in [4.69, 9.17) is 5.73 Å². The molecule has 0 unspecified atom stereocenters. The zero-order chi connectivity index (χ0) is 12.9. The van der Waals surface area contributed by atoms with Gasteiger partial charge >= 0.3 is 0 Å². The van der Waals surface area contributed by atoms with E-state index in [9.17, 15) is 8.42 Å². The molecule has 4 nitrogen and oxygen atoms in total. The van der Waals surface area contributed by atoms with E-state index in [0.29, 0.717) is 6.54 Å². The van der Waals surface area contributed by atoms with Crippen molar-refractivity contribution in [1.29, 1.82) is 0 Å². The predicted molar refractivity (Wildman–Crippen MR) is 71.8 cm³/mol. The van der Waals surface area contributed by atoms with E-state index in [1.165, 1.54) is 25.5 Å². The molecule has 0 aromatic rings. The zero-order valence-electron chi connectivity index (χ0n) is 11.1. The molecular weight excluding hydrogens is 236 g/mol. The smallest absolute Gasteiger partial charge is 0.148 e. The predicted octanol–water partition coefficient (Wildman–Crippen LogP) is 1.01. The Labute approximate surface area is 105 Å². The van der Waals surface area contributed by atoms with Crippen LogP contribution in [0, 0.1) is 0 Å². The molecule has 0 atom stereocenters. The van der Waals surface area contributed by atoms with Gasteiger partial charge in [0.2, 0.25) is 0 Å². The van der Waals surface area contributed by atoms with Gasteiger partial charge in [0.15, 0.2) is 0 Å². The molecular formula is C12H26N2O2S. The number of nitrogens with two attached hydrogens (primary N) is 1. The third-order valence-electron chi connectivity index (χ3n) is 3.68. The van der Waals surface area contributed by atoms with Crippen LogP contribution < -0.4 is 5.73 Å². The highest BCUT2D eigenvalue weighted by molar-refractivity contribution is 7.90. The molecule has 0 bridgehead atoms. The summed E-state index contributed by atoms with van der Waals surface area (Å²) < 4.78 is 22.1. The number of hydrogen-bond acceptors (Lipinski definition) is 4. The molecule has 0 aromatic carbocycles. The maximum Gasteiger partial charge on any atom is 0.148 e. The Balaban J connectivity index is 2.25. The topological polar surface area (TPSA) is 63.4 Å². The third kappa shape index (κ3) is 6.38. The normalized spacial score (nSPS) is 20.7. The molecule has 0 aromatic heterocycles. The summed E-state index contributed by atoms with van der Waals surface area (Å²) >= 11 is 0. The van der Waals surface area contributed by atoms with Crippen molar-refractivity contribution in [2.24, 2.45) is 5.73 Å². The fourth-order valence-corrected chi connectivity index (χ4v) is 3.00. The highest BCUT2D eigenvalue weighted by Gasteiger charge is 2.27. The fraction of sp³-hybridized carbons (Fsp3) is 1.00. The Hall–Kier alpha value is -0.130. The van der Waals surface area contributed by atoms with Gasteiger partial charge < -0.3 is 10.6 Å². The number of hydrogen-bond donors (Lipinski definition) is 1. The summed E-state index contributed by atoms with van der Waals surface area (Å²) in [5.41, 5.74) is 6.34. The fourth-order valence-electron chi connectivity index (χ4n) is 2.35. The van der Waals surface area contributed by atoms with Crippen LogP contribution in [0.1, 0.15) is 38.5 Å². The van der Waals surface area contributed by atoms with Gasteiger partial charge in [-0.1, -0.05) is 19.3 Å². The summed E-state index contributed by atoms with van der Waals surface area (Å²) in [6, 6.07) is 0.